The van der Waals surface area contributed by atoms with Crippen LogP contribution in [-0.2, 0) is 11.2 Å². The van der Waals surface area contributed by atoms with Gasteiger partial charge in [-0.05, 0) is 47.2 Å². The van der Waals surface area contributed by atoms with E-state index in [1.807, 2.05) is 31.2 Å². The van der Waals surface area contributed by atoms with Gasteiger partial charge in [-0.3, -0.25) is 0 Å². The van der Waals surface area contributed by atoms with E-state index in [0.29, 0.717) is 18.0 Å². The number of aryl methyl sites for hydroxylation is 1. The maximum atomic E-state index is 11.7. The summed E-state index contributed by atoms with van der Waals surface area (Å²) < 4.78 is 11.4. The summed E-state index contributed by atoms with van der Waals surface area (Å²) in [5, 5.41) is 0. The average Bonchev–Trinajstić information content (AvgIpc) is 2.82. The van der Waals surface area contributed by atoms with Crippen molar-refractivity contribution in [1.82, 2.24) is 4.98 Å². The molecule has 5 heteroatoms. The molecule has 0 fully saturated rings. The summed E-state index contributed by atoms with van der Waals surface area (Å²) in [4.78, 5) is 16.1. The third-order valence-corrected chi connectivity index (χ3v) is 3.30. The highest BCUT2D eigenvalue weighted by Gasteiger charge is 2.20. The number of carbonyl (C=O) groups excluding carboxylic acids is 1. The van der Waals surface area contributed by atoms with Gasteiger partial charge in [0.05, 0.1) is 12.8 Å². The van der Waals surface area contributed by atoms with Gasteiger partial charge in [-0.15, -0.1) is 0 Å². The van der Waals surface area contributed by atoms with E-state index in [4.69, 9.17) is 9.15 Å². The Labute approximate surface area is 125 Å². The fourth-order valence-corrected chi connectivity index (χ4v) is 2.30. The van der Waals surface area contributed by atoms with Crippen LogP contribution in [-0.4, -0.2) is 18.1 Å². The second kappa shape index (κ2) is 6.18. The number of carbonyl (C=O) groups is 1. The molecule has 0 aliphatic heterocycles. The summed E-state index contributed by atoms with van der Waals surface area (Å²) in [5.41, 5.74) is 1.52. The Balaban J connectivity index is 2.45. The van der Waals surface area contributed by atoms with Crippen LogP contribution in [0.2, 0.25) is 0 Å². The summed E-state index contributed by atoms with van der Waals surface area (Å²) in [6.45, 7) is 2.03. The molecule has 0 bridgehead atoms. The maximum absolute atomic E-state index is 11.7. The first-order chi connectivity index (χ1) is 9.15. The van der Waals surface area contributed by atoms with Gasteiger partial charge in [-0.2, -0.15) is 0 Å². The number of hydrogen-bond donors (Lipinski definition) is 0. The molecule has 100 valence electrons. The zero-order valence-electron chi connectivity index (χ0n) is 10.8. The zero-order valence-corrected chi connectivity index (χ0v) is 12.9. The van der Waals surface area contributed by atoms with E-state index in [-0.39, 0.29) is 5.76 Å². The molecule has 0 spiro atoms. The molecule has 0 N–H and O–H groups in total. The van der Waals surface area contributed by atoms with Gasteiger partial charge in [0.1, 0.15) is 0 Å². The SMILES string of the molecule is CCCc1nc(-c2cccc(I)c2)oc1C(=O)OC. The molecule has 1 aromatic heterocycles. The highest BCUT2D eigenvalue weighted by Crippen LogP contribution is 2.24. The van der Waals surface area contributed by atoms with Crippen molar-refractivity contribution in [3.63, 3.8) is 0 Å². The number of esters is 1. The molecule has 0 aliphatic rings. The van der Waals surface area contributed by atoms with Crippen molar-refractivity contribution in [2.75, 3.05) is 7.11 Å². The van der Waals surface area contributed by atoms with Crippen LogP contribution in [0.15, 0.2) is 28.7 Å². The van der Waals surface area contributed by atoms with Gasteiger partial charge in [0.15, 0.2) is 0 Å². The minimum atomic E-state index is -0.479. The Kier molecular flexibility index (Phi) is 4.57. The molecular formula is C14H14INO3. The Morgan fingerprint density at radius 2 is 2.26 bits per heavy atom. The number of halogens is 1. The number of rotatable bonds is 4. The fraction of sp³-hybridized carbons (Fsp3) is 0.286. The van der Waals surface area contributed by atoms with E-state index in [2.05, 4.69) is 27.6 Å². The Morgan fingerprint density at radius 3 is 2.89 bits per heavy atom. The van der Waals surface area contributed by atoms with Gasteiger partial charge in [-0.1, -0.05) is 19.4 Å². The zero-order chi connectivity index (χ0) is 13.8. The molecular weight excluding hydrogens is 357 g/mol. The lowest BCUT2D eigenvalue weighted by atomic mass is 10.2. The van der Waals surface area contributed by atoms with E-state index < -0.39 is 5.97 Å². The van der Waals surface area contributed by atoms with Crippen LogP contribution in [0, 0.1) is 3.57 Å². The number of methoxy groups -OCH3 is 1. The molecule has 0 saturated heterocycles. The van der Waals surface area contributed by atoms with Crippen molar-refractivity contribution in [2.24, 2.45) is 0 Å². The third-order valence-electron chi connectivity index (χ3n) is 2.63. The number of hydrogen-bond acceptors (Lipinski definition) is 4. The average molecular weight is 371 g/mol. The first kappa shape index (κ1) is 14.0. The first-order valence-corrected chi connectivity index (χ1v) is 7.07. The van der Waals surface area contributed by atoms with Crippen molar-refractivity contribution in [2.45, 2.75) is 19.8 Å². The summed E-state index contributed by atoms with van der Waals surface area (Å²) >= 11 is 2.22. The minimum absolute atomic E-state index is 0.207. The fourth-order valence-electron chi connectivity index (χ4n) is 1.76. The van der Waals surface area contributed by atoms with E-state index in [1.165, 1.54) is 7.11 Å². The number of nitrogens with zero attached hydrogens (tertiary/aromatic N) is 1. The molecule has 0 radical (unpaired) electrons. The van der Waals surface area contributed by atoms with Crippen LogP contribution in [0.25, 0.3) is 11.5 Å². The molecule has 1 aromatic carbocycles. The second-order valence-electron chi connectivity index (χ2n) is 4.05. The highest BCUT2D eigenvalue weighted by atomic mass is 127. The molecule has 0 amide bonds. The molecule has 2 rings (SSSR count). The van der Waals surface area contributed by atoms with Crippen LogP contribution < -0.4 is 0 Å². The highest BCUT2D eigenvalue weighted by molar-refractivity contribution is 14.1. The normalized spacial score (nSPS) is 10.5. The number of oxazole rings is 1. The van der Waals surface area contributed by atoms with Gasteiger partial charge >= 0.3 is 5.97 Å². The van der Waals surface area contributed by atoms with E-state index >= 15 is 0 Å². The predicted molar refractivity (Wildman–Crippen MR) is 80.0 cm³/mol. The van der Waals surface area contributed by atoms with Gasteiger partial charge < -0.3 is 9.15 Å². The van der Waals surface area contributed by atoms with Crippen molar-refractivity contribution in [3.8, 4) is 11.5 Å². The topological polar surface area (TPSA) is 52.3 Å². The number of aromatic nitrogens is 1. The first-order valence-electron chi connectivity index (χ1n) is 5.99. The van der Waals surface area contributed by atoms with E-state index in [9.17, 15) is 4.79 Å². The third kappa shape index (κ3) is 3.15. The van der Waals surface area contributed by atoms with E-state index in [0.717, 1.165) is 15.6 Å². The standard InChI is InChI=1S/C14H14INO3/c1-3-5-11-12(14(17)18-2)19-13(16-11)9-6-4-7-10(15)8-9/h4,6-8H,3,5H2,1-2H3. The molecule has 1 heterocycles. The number of benzene rings is 1. The molecule has 2 aromatic rings. The molecule has 0 aliphatic carbocycles. The second-order valence-corrected chi connectivity index (χ2v) is 5.29. The molecule has 19 heavy (non-hydrogen) atoms. The van der Waals surface area contributed by atoms with Gasteiger partial charge in [-0.25, -0.2) is 9.78 Å². The van der Waals surface area contributed by atoms with E-state index in [1.54, 1.807) is 0 Å². The summed E-state index contributed by atoms with van der Waals surface area (Å²) in [5.74, 6) is 0.188. The van der Waals surface area contributed by atoms with Crippen LogP contribution in [0.4, 0.5) is 0 Å². The summed E-state index contributed by atoms with van der Waals surface area (Å²) in [6, 6.07) is 7.79. The lowest BCUT2D eigenvalue weighted by Gasteiger charge is -1.96. The molecule has 0 saturated carbocycles. The predicted octanol–water partition coefficient (Wildman–Crippen LogP) is 3.69. The Hall–Kier alpha value is -1.37. The largest absolute Gasteiger partial charge is 0.463 e. The lowest BCUT2D eigenvalue weighted by molar-refractivity contribution is 0.0564. The maximum Gasteiger partial charge on any atom is 0.376 e. The van der Waals surface area contributed by atoms with Crippen LogP contribution in [0.3, 0.4) is 0 Å². The van der Waals surface area contributed by atoms with Crippen LogP contribution in [0.5, 0.6) is 0 Å². The van der Waals surface area contributed by atoms with Crippen molar-refractivity contribution >= 4 is 28.6 Å². The van der Waals surface area contributed by atoms with Crippen LogP contribution >= 0.6 is 22.6 Å². The van der Waals surface area contributed by atoms with Gasteiger partial charge in [0.25, 0.3) is 0 Å². The monoisotopic (exact) mass is 371 g/mol. The molecule has 0 atom stereocenters. The summed E-state index contributed by atoms with van der Waals surface area (Å²) in [7, 11) is 1.34. The molecule has 0 unspecified atom stereocenters. The molecule has 4 nitrogen and oxygen atoms in total. The smallest absolute Gasteiger partial charge is 0.376 e. The van der Waals surface area contributed by atoms with Crippen molar-refractivity contribution in [1.29, 1.82) is 0 Å². The minimum Gasteiger partial charge on any atom is -0.463 e. The lowest BCUT2D eigenvalue weighted by Crippen LogP contribution is -2.03. The Bertz CT molecular complexity index is 592. The van der Waals surface area contributed by atoms with Crippen molar-refractivity contribution < 1.29 is 13.9 Å². The Morgan fingerprint density at radius 1 is 1.47 bits per heavy atom. The number of ether oxygens (including phenoxy) is 1. The van der Waals surface area contributed by atoms with Crippen LogP contribution in [0.1, 0.15) is 29.6 Å². The van der Waals surface area contributed by atoms with Gasteiger partial charge in [0.2, 0.25) is 11.7 Å². The van der Waals surface area contributed by atoms with Crippen molar-refractivity contribution in [3.05, 3.63) is 39.3 Å². The summed E-state index contributed by atoms with van der Waals surface area (Å²) in [6.07, 6.45) is 1.58. The van der Waals surface area contributed by atoms with Gasteiger partial charge in [0, 0.05) is 9.13 Å². The quantitative estimate of drug-likeness (QED) is 0.608.